The molecule has 1 amide bonds. The maximum Gasteiger partial charge on any atom is 0.277 e. The van der Waals surface area contributed by atoms with E-state index in [0.29, 0.717) is 11.1 Å². The van der Waals surface area contributed by atoms with E-state index in [-0.39, 0.29) is 23.7 Å². The Morgan fingerprint density at radius 2 is 1.89 bits per heavy atom. The quantitative estimate of drug-likeness (QED) is 0.628. The van der Waals surface area contributed by atoms with Crippen LogP contribution in [0.3, 0.4) is 0 Å². The van der Waals surface area contributed by atoms with Gasteiger partial charge >= 0.3 is 0 Å². The minimum Gasteiger partial charge on any atom is -0.411 e. The number of amides is 1. The van der Waals surface area contributed by atoms with Crippen molar-refractivity contribution in [2.75, 3.05) is 5.75 Å². The van der Waals surface area contributed by atoms with Gasteiger partial charge in [-0.1, -0.05) is 11.8 Å². The van der Waals surface area contributed by atoms with E-state index >= 15 is 0 Å². The molecule has 1 aromatic carbocycles. The number of benzene rings is 1. The average molecular weight is 387 g/mol. The summed E-state index contributed by atoms with van der Waals surface area (Å²) in [7, 11) is 0. The van der Waals surface area contributed by atoms with Crippen molar-refractivity contribution in [2.45, 2.75) is 58.8 Å². The normalized spacial score (nSPS) is 11.7. The zero-order valence-electron chi connectivity index (χ0n) is 16.7. The molecule has 0 spiro atoms. The van der Waals surface area contributed by atoms with Gasteiger partial charge in [0.05, 0.1) is 5.75 Å². The number of nitrogens with one attached hydrogen (secondary N) is 1. The van der Waals surface area contributed by atoms with Gasteiger partial charge in [-0.05, 0) is 65.3 Å². The van der Waals surface area contributed by atoms with Crippen LogP contribution < -0.4 is 0 Å². The van der Waals surface area contributed by atoms with E-state index < -0.39 is 0 Å². The molecule has 0 radical (unpaired) electrons. The second kappa shape index (κ2) is 7.76. The summed E-state index contributed by atoms with van der Waals surface area (Å²) in [5.41, 5.74) is 4.34. The molecule has 0 aliphatic heterocycles. The summed E-state index contributed by atoms with van der Waals surface area (Å²) in [6, 6.07) is 6.37. The van der Waals surface area contributed by atoms with Gasteiger partial charge < -0.3 is 14.3 Å². The molecule has 0 aliphatic rings. The van der Waals surface area contributed by atoms with Crippen LogP contribution >= 0.6 is 11.8 Å². The second-order valence-corrected chi connectivity index (χ2v) is 8.21. The first-order valence-corrected chi connectivity index (χ1v) is 10.1. The molecule has 0 saturated carbocycles. The molecule has 0 bridgehead atoms. The van der Waals surface area contributed by atoms with E-state index in [1.165, 1.54) is 17.3 Å². The van der Waals surface area contributed by atoms with Crippen LogP contribution in [0.25, 0.3) is 22.4 Å². The lowest BCUT2D eigenvalue weighted by atomic mass is 10.1. The summed E-state index contributed by atoms with van der Waals surface area (Å²) in [5.74, 6) is 0.826. The van der Waals surface area contributed by atoms with Crippen molar-refractivity contribution < 1.29 is 9.21 Å². The largest absolute Gasteiger partial charge is 0.411 e. The summed E-state index contributed by atoms with van der Waals surface area (Å²) in [4.78, 5) is 17.7. The Hall–Kier alpha value is -2.28. The van der Waals surface area contributed by atoms with Crippen LogP contribution in [0.15, 0.2) is 27.8 Å². The van der Waals surface area contributed by atoms with Gasteiger partial charge in [0.15, 0.2) is 0 Å². The molecule has 3 aromatic rings. The number of H-pyrrole nitrogens is 1. The molecule has 0 atom stereocenters. The topological polar surface area (TPSA) is 75.0 Å². The van der Waals surface area contributed by atoms with Crippen molar-refractivity contribution in [3.05, 3.63) is 29.5 Å². The number of carbonyl (C=O) groups excluding carboxylic acids is 1. The molecule has 0 saturated heterocycles. The molecule has 0 aliphatic carbocycles. The van der Waals surface area contributed by atoms with Crippen LogP contribution in [-0.4, -0.2) is 43.8 Å². The molecular weight excluding hydrogens is 360 g/mol. The van der Waals surface area contributed by atoms with Crippen molar-refractivity contribution in [3.63, 3.8) is 0 Å². The highest BCUT2D eigenvalue weighted by Crippen LogP contribution is 2.29. The Balaban J connectivity index is 1.73. The van der Waals surface area contributed by atoms with Gasteiger partial charge in [0.1, 0.15) is 0 Å². The monoisotopic (exact) mass is 386 g/mol. The van der Waals surface area contributed by atoms with Gasteiger partial charge in [-0.2, -0.15) is 0 Å². The van der Waals surface area contributed by atoms with Gasteiger partial charge in [0, 0.05) is 34.2 Å². The van der Waals surface area contributed by atoms with E-state index in [2.05, 4.69) is 35.1 Å². The Morgan fingerprint density at radius 1 is 1.19 bits per heavy atom. The minimum atomic E-state index is 0.0737. The predicted molar refractivity (Wildman–Crippen MR) is 109 cm³/mol. The maximum atomic E-state index is 12.5. The van der Waals surface area contributed by atoms with Crippen LogP contribution in [0, 0.1) is 13.8 Å². The predicted octanol–water partition coefficient (Wildman–Crippen LogP) is 4.57. The molecule has 3 rings (SSSR count). The van der Waals surface area contributed by atoms with Crippen molar-refractivity contribution in [3.8, 4) is 11.5 Å². The van der Waals surface area contributed by atoms with E-state index in [0.717, 1.165) is 22.2 Å². The SMILES string of the molecule is Cc1[nH]c2ccc(-c3nnc(SCC(=O)N(C(C)C)C(C)C)o3)cc2c1C. The molecule has 144 valence electrons. The maximum absolute atomic E-state index is 12.5. The van der Waals surface area contributed by atoms with Crippen LogP contribution in [-0.2, 0) is 4.79 Å². The Labute approximate surface area is 163 Å². The van der Waals surface area contributed by atoms with E-state index in [4.69, 9.17) is 4.42 Å². The first kappa shape index (κ1) is 19.5. The second-order valence-electron chi connectivity index (χ2n) is 7.29. The van der Waals surface area contributed by atoms with Gasteiger partial charge in [-0.3, -0.25) is 4.79 Å². The molecule has 2 aromatic heterocycles. The smallest absolute Gasteiger partial charge is 0.277 e. The van der Waals surface area contributed by atoms with E-state index in [1.54, 1.807) is 0 Å². The van der Waals surface area contributed by atoms with Crippen LogP contribution in [0.1, 0.15) is 39.0 Å². The van der Waals surface area contributed by atoms with Crippen LogP contribution in [0.5, 0.6) is 0 Å². The van der Waals surface area contributed by atoms with E-state index in [9.17, 15) is 4.79 Å². The summed E-state index contributed by atoms with van der Waals surface area (Å²) >= 11 is 1.28. The third-order valence-corrected chi connectivity index (χ3v) is 5.48. The Kier molecular flexibility index (Phi) is 5.60. The number of aromatic amines is 1. The lowest BCUT2D eigenvalue weighted by molar-refractivity contribution is -0.131. The number of hydrogen-bond acceptors (Lipinski definition) is 5. The van der Waals surface area contributed by atoms with Crippen molar-refractivity contribution >= 4 is 28.6 Å². The highest BCUT2D eigenvalue weighted by molar-refractivity contribution is 7.99. The molecular formula is C20H26N4O2S. The average Bonchev–Trinajstić information content (AvgIpc) is 3.18. The molecule has 1 N–H and O–H groups in total. The highest BCUT2D eigenvalue weighted by atomic mass is 32.2. The first-order valence-electron chi connectivity index (χ1n) is 9.14. The van der Waals surface area contributed by atoms with Gasteiger partial charge in [-0.15, -0.1) is 10.2 Å². The summed E-state index contributed by atoms with van der Waals surface area (Å²) in [6.45, 7) is 12.2. The lowest BCUT2D eigenvalue weighted by Gasteiger charge is -2.30. The number of aryl methyl sites for hydroxylation is 2. The highest BCUT2D eigenvalue weighted by Gasteiger charge is 2.21. The third kappa shape index (κ3) is 4.03. The van der Waals surface area contributed by atoms with Crippen LogP contribution in [0.4, 0.5) is 0 Å². The van der Waals surface area contributed by atoms with Gasteiger partial charge in [-0.25, -0.2) is 0 Å². The Morgan fingerprint density at radius 3 is 2.56 bits per heavy atom. The third-order valence-electron chi connectivity index (χ3n) is 4.68. The van der Waals surface area contributed by atoms with Crippen molar-refractivity contribution in [1.82, 2.24) is 20.1 Å². The number of hydrogen-bond donors (Lipinski definition) is 1. The number of nitrogens with zero attached hydrogens (tertiary/aromatic N) is 3. The zero-order valence-corrected chi connectivity index (χ0v) is 17.5. The zero-order chi connectivity index (χ0) is 19.7. The fourth-order valence-corrected chi connectivity index (χ4v) is 3.98. The first-order chi connectivity index (χ1) is 12.8. The summed E-state index contributed by atoms with van der Waals surface area (Å²) < 4.78 is 5.78. The number of thioether (sulfide) groups is 1. The molecule has 2 heterocycles. The summed E-state index contributed by atoms with van der Waals surface area (Å²) in [5, 5.41) is 9.80. The molecule has 27 heavy (non-hydrogen) atoms. The number of carbonyl (C=O) groups is 1. The molecule has 0 unspecified atom stereocenters. The fourth-order valence-electron chi connectivity index (χ4n) is 3.35. The number of aromatic nitrogens is 3. The Bertz CT molecular complexity index is 950. The number of rotatable bonds is 6. The van der Waals surface area contributed by atoms with Crippen molar-refractivity contribution in [2.24, 2.45) is 0 Å². The van der Waals surface area contributed by atoms with Gasteiger partial charge in [0.25, 0.3) is 5.22 Å². The molecule has 6 nitrogen and oxygen atoms in total. The van der Waals surface area contributed by atoms with Crippen molar-refractivity contribution in [1.29, 1.82) is 0 Å². The minimum absolute atomic E-state index is 0.0737. The molecule has 0 fully saturated rings. The van der Waals surface area contributed by atoms with E-state index in [1.807, 2.05) is 44.7 Å². The lowest BCUT2D eigenvalue weighted by Crippen LogP contribution is -2.43. The fraction of sp³-hybridized carbons (Fsp3) is 0.450. The standard InChI is InChI=1S/C20H26N4O2S/c1-11(2)24(12(3)4)18(25)10-27-20-23-22-19(26-20)15-7-8-17-16(9-15)13(5)14(6)21-17/h7-9,11-12,21H,10H2,1-6H3. The van der Waals surface area contributed by atoms with Gasteiger partial charge in [0.2, 0.25) is 11.8 Å². The summed E-state index contributed by atoms with van der Waals surface area (Å²) in [6.07, 6.45) is 0. The molecule has 7 heteroatoms. The van der Waals surface area contributed by atoms with Crippen LogP contribution in [0.2, 0.25) is 0 Å². The number of fused-ring (bicyclic) bond motifs is 1.